The monoisotopic (exact) mass is 650 g/mol. The smallest absolute Gasteiger partial charge is 0.419 e. The van der Waals surface area contributed by atoms with Crippen LogP contribution in [0.3, 0.4) is 0 Å². The van der Waals surface area contributed by atoms with E-state index in [-0.39, 0.29) is 36.1 Å². The molecule has 0 bridgehead atoms. The highest BCUT2D eigenvalue weighted by molar-refractivity contribution is 7.92. The molecule has 1 aliphatic rings. The Kier molecular flexibility index (Phi) is 10.9. The molecule has 15 heteroatoms. The van der Waals surface area contributed by atoms with Crippen molar-refractivity contribution in [2.75, 3.05) is 69.4 Å². The van der Waals surface area contributed by atoms with Crippen molar-refractivity contribution in [2.24, 2.45) is 0 Å². The number of halogens is 3. The number of anilines is 3. The first kappa shape index (κ1) is 33.9. The van der Waals surface area contributed by atoms with Crippen LogP contribution < -0.4 is 19.7 Å². The summed E-state index contributed by atoms with van der Waals surface area (Å²) in [7, 11) is -0.794. The molecule has 1 fully saturated rings. The number of sulfonamides is 1. The van der Waals surface area contributed by atoms with Crippen LogP contribution in [0.1, 0.15) is 32.7 Å². The van der Waals surface area contributed by atoms with Crippen LogP contribution in [0.25, 0.3) is 0 Å². The molecule has 11 nitrogen and oxygen atoms in total. The number of methoxy groups -OCH3 is 1. The molecule has 45 heavy (non-hydrogen) atoms. The van der Waals surface area contributed by atoms with Crippen molar-refractivity contribution >= 4 is 33.3 Å². The normalized spacial score (nSPS) is 14.2. The summed E-state index contributed by atoms with van der Waals surface area (Å²) in [4.78, 5) is 23.0. The van der Waals surface area contributed by atoms with Gasteiger partial charge in [-0.2, -0.15) is 13.2 Å². The maximum atomic E-state index is 13.9. The SMILES string of the molecule is COc1cc(C(=O)NCCN2CCOCC2)ccc1Nc1ncc(C(F)(F)F)c(CCc2ccc(C)cc2N(C)S(C)(=O)=O)n1. The summed E-state index contributed by atoms with van der Waals surface area (Å²) < 4.78 is 78.1. The lowest BCUT2D eigenvalue weighted by Crippen LogP contribution is -2.41. The van der Waals surface area contributed by atoms with Crippen LogP contribution in [-0.4, -0.2) is 89.0 Å². The van der Waals surface area contributed by atoms with Gasteiger partial charge in [-0.3, -0.25) is 14.0 Å². The van der Waals surface area contributed by atoms with Crippen LogP contribution >= 0.6 is 0 Å². The summed E-state index contributed by atoms with van der Waals surface area (Å²) >= 11 is 0. The van der Waals surface area contributed by atoms with Gasteiger partial charge in [-0.1, -0.05) is 12.1 Å². The van der Waals surface area contributed by atoms with Gasteiger partial charge in [0.1, 0.15) is 5.75 Å². The first-order chi connectivity index (χ1) is 21.3. The Bertz CT molecular complexity index is 1610. The van der Waals surface area contributed by atoms with E-state index in [4.69, 9.17) is 9.47 Å². The lowest BCUT2D eigenvalue weighted by molar-refractivity contribution is -0.138. The Hall–Kier alpha value is -3.95. The Morgan fingerprint density at radius 3 is 2.53 bits per heavy atom. The van der Waals surface area contributed by atoms with Gasteiger partial charge in [-0.15, -0.1) is 0 Å². The van der Waals surface area contributed by atoms with Crippen LogP contribution in [-0.2, 0) is 33.8 Å². The van der Waals surface area contributed by atoms with Gasteiger partial charge >= 0.3 is 6.18 Å². The number of carbonyl (C=O) groups is 1. The predicted octanol–water partition coefficient (Wildman–Crippen LogP) is 3.80. The molecule has 0 aliphatic carbocycles. The van der Waals surface area contributed by atoms with Crippen molar-refractivity contribution in [1.82, 2.24) is 20.2 Å². The van der Waals surface area contributed by atoms with Crippen molar-refractivity contribution < 1.29 is 35.9 Å². The third-order valence-electron chi connectivity index (χ3n) is 7.41. The molecule has 0 radical (unpaired) electrons. The Morgan fingerprint density at radius 1 is 1.13 bits per heavy atom. The molecule has 2 aromatic carbocycles. The van der Waals surface area contributed by atoms with Gasteiger partial charge in [0, 0.05) is 45.0 Å². The molecule has 1 saturated heterocycles. The molecule has 244 valence electrons. The fourth-order valence-corrected chi connectivity index (χ4v) is 5.35. The van der Waals surface area contributed by atoms with Gasteiger partial charge < -0.3 is 20.1 Å². The molecule has 2 heterocycles. The maximum absolute atomic E-state index is 13.9. The number of aryl methyl sites for hydroxylation is 3. The number of morpholine rings is 1. The number of carbonyl (C=O) groups excluding carboxylic acids is 1. The standard InChI is InChI=1S/C30H37F3N6O5S/c1-20-5-6-21(26(17-20)38(2)45(4,41)42)7-9-24-23(30(31,32)33)19-35-29(36-24)37-25-10-8-22(18-27(25)43-3)28(40)34-11-12-39-13-15-44-16-14-39/h5-6,8,10,17-19H,7,9,11-16H2,1-4H3,(H,34,40)(H,35,36,37). The highest BCUT2D eigenvalue weighted by Crippen LogP contribution is 2.34. The van der Waals surface area contributed by atoms with E-state index >= 15 is 0 Å². The van der Waals surface area contributed by atoms with Gasteiger partial charge in [0.05, 0.1) is 49.2 Å². The minimum Gasteiger partial charge on any atom is -0.495 e. The van der Waals surface area contributed by atoms with E-state index in [0.29, 0.717) is 55.0 Å². The number of nitrogens with one attached hydrogen (secondary N) is 2. The van der Waals surface area contributed by atoms with Crippen LogP contribution in [0.5, 0.6) is 5.75 Å². The molecule has 0 saturated carbocycles. The second kappa shape index (κ2) is 14.4. The summed E-state index contributed by atoms with van der Waals surface area (Å²) in [6.45, 7) is 5.90. The van der Waals surface area contributed by atoms with Crippen molar-refractivity contribution in [1.29, 1.82) is 0 Å². The third-order valence-corrected chi connectivity index (χ3v) is 8.60. The molecule has 0 unspecified atom stereocenters. The molecule has 1 amide bonds. The van der Waals surface area contributed by atoms with E-state index in [0.717, 1.165) is 29.2 Å². The number of ether oxygens (including phenoxy) is 2. The van der Waals surface area contributed by atoms with Crippen molar-refractivity contribution in [2.45, 2.75) is 25.9 Å². The highest BCUT2D eigenvalue weighted by atomic mass is 32.2. The Balaban J connectivity index is 1.51. The molecular weight excluding hydrogens is 613 g/mol. The second-order valence-corrected chi connectivity index (χ2v) is 12.7. The zero-order valence-corrected chi connectivity index (χ0v) is 26.4. The minimum absolute atomic E-state index is 0.0909. The summed E-state index contributed by atoms with van der Waals surface area (Å²) in [6.07, 6.45) is -2.98. The molecule has 1 aromatic heterocycles. The van der Waals surface area contributed by atoms with E-state index in [1.807, 2.05) is 0 Å². The van der Waals surface area contributed by atoms with Gasteiger partial charge in [-0.05, 0) is 55.2 Å². The molecule has 0 spiro atoms. The summed E-state index contributed by atoms with van der Waals surface area (Å²) in [6, 6.07) is 9.80. The molecular formula is C30H37F3N6O5S. The maximum Gasteiger partial charge on any atom is 0.419 e. The Morgan fingerprint density at radius 2 is 1.87 bits per heavy atom. The van der Waals surface area contributed by atoms with Crippen LogP contribution in [0.2, 0.25) is 0 Å². The molecule has 3 aromatic rings. The van der Waals surface area contributed by atoms with Crippen LogP contribution in [0.4, 0.5) is 30.5 Å². The highest BCUT2D eigenvalue weighted by Gasteiger charge is 2.35. The zero-order valence-electron chi connectivity index (χ0n) is 25.6. The van der Waals surface area contributed by atoms with Crippen molar-refractivity contribution in [3.63, 3.8) is 0 Å². The first-order valence-electron chi connectivity index (χ1n) is 14.3. The minimum atomic E-state index is -4.71. The van der Waals surface area contributed by atoms with E-state index in [1.165, 1.54) is 20.2 Å². The predicted molar refractivity (Wildman–Crippen MR) is 165 cm³/mol. The van der Waals surface area contributed by atoms with E-state index < -0.39 is 21.8 Å². The van der Waals surface area contributed by atoms with Crippen molar-refractivity contribution in [3.05, 3.63) is 70.5 Å². The average molecular weight is 651 g/mol. The molecule has 4 rings (SSSR count). The number of aromatic nitrogens is 2. The fourth-order valence-electron chi connectivity index (χ4n) is 4.83. The van der Waals surface area contributed by atoms with Gasteiger partial charge in [0.2, 0.25) is 16.0 Å². The van der Waals surface area contributed by atoms with E-state index in [9.17, 15) is 26.4 Å². The molecule has 1 aliphatic heterocycles. The fraction of sp³-hybridized carbons (Fsp3) is 0.433. The number of alkyl halides is 3. The van der Waals surface area contributed by atoms with E-state index in [1.54, 1.807) is 37.3 Å². The van der Waals surface area contributed by atoms with Gasteiger partial charge in [0.25, 0.3) is 5.91 Å². The lowest BCUT2D eigenvalue weighted by Gasteiger charge is -2.26. The number of hydrogen-bond acceptors (Lipinski definition) is 9. The first-order valence-corrected chi connectivity index (χ1v) is 16.1. The topological polar surface area (TPSA) is 126 Å². The van der Waals surface area contributed by atoms with Gasteiger partial charge in [-0.25, -0.2) is 18.4 Å². The third kappa shape index (κ3) is 9.05. The van der Waals surface area contributed by atoms with Crippen LogP contribution in [0, 0.1) is 6.92 Å². The number of benzene rings is 2. The van der Waals surface area contributed by atoms with Gasteiger partial charge in [0.15, 0.2) is 0 Å². The largest absolute Gasteiger partial charge is 0.495 e. The Labute approximate surface area is 260 Å². The summed E-state index contributed by atoms with van der Waals surface area (Å²) in [5.74, 6) is -0.122. The summed E-state index contributed by atoms with van der Waals surface area (Å²) in [5.41, 5.74) is 1.19. The van der Waals surface area contributed by atoms with Crippen molar-refractivity contribution in [3.8, 4) is 5.75 Å². The number of hydrogen-bond donors (Lipinski definition) is 2. The average Bonchev–Trinajstić information content (AvgIpc) is 2.99. The zero-order chi connectivity index (χ0) is 32.8. The number of amides is 1. The number of rotatable bonds is 12. The quantitative estimate of drug-likeness (QED) is 0.301. The van der Waals surface area contributed by atoms with E-state index in [2.05, 4.69) is 25.5 Å². The molecule has 2 N–H and O–H groups in total. The second-order valence-electron chi connectivity index (χ2n) is 10.7. The van der Waals surface area contributed by atoms with Crippen LogP contribution in [0.15, 0.2) is 42.6 Å². The lowest BCUT2D eigenvalue weighted by atomic mass is 10.0. The number of nitrogens with zero attached hydrogens (tertiary/aromatic N) is 4. The summed E-state index contributed by atoms with van der Waals surface area (Å²) in [5, 5.41) is 5.78. The molecule has 0 atom stereocenters.